The van der Waals surface area contributed by atoms with Crippen LogP contribution in [0.25, 0.3) is 0 Å². The second-order valence-corrected chi connectivity index (χ2v) is 5.50. The number of benzene rings is 1. The summed E-state index contributed by atoms with van der Waals surface area (Å²) in [6.45, 7) is 1.65. The summed E-state index contributed by atoms with van der Waals surface area (Å²) < 4.78 is 0. The van der Waals surface area contributed by atoms with Gasteiger partial charge in [-0.2, -0.15) is 5.26 Å². The molecule has 4 nitrogen and oxygen atoms in total. The van der Waals surface area contributed by atoms with Crippen LogP contribution in [-0.4, -0.2) is 15.9 Å². The van der Waals surface area contributed by atoms with Crippen LogP contribution >= 0.6 is 0 Å². The molecule has 1 heterocycles. The first-order chi connectivity index (χ1) is 10.3. The molecule has 106 valence electrons. The van der Waals surface area contributed by atoms with Crippen molar-refractivity contribution in [1.29, 1.82) is 5.26 Å². The van der Waals surface area contributed by atoms with Crippen LogP contribution in [0, 0.1) is 11.3 Å². The summed E-state index contributed by atoms with van der Waals surface area (Å²) in [6.07, 6.45) is 4.14. The standard InChI is InChI=1S/C17H18N4/c18-10-17-14(2-1-9-20-17)12-21(16-7-8-16)11-13-3-5-15(19)6-4-13/h1-6,9,16H,7-8,11-12,19H2. The van der Waals surface area contributed by atoms with Crippen molar-refractivity contribution in [3.63, 3.8) is 0 Å². The van der Waals surface area contributed by atoms with E-state index in [9.17, 15) is 0 Å². The molecule has 1 saturated carbocycles. The van der Waals surface area contributed by atoms with E-state index in [0.29, 0.717) is 11.7 Å². The number of hydrogen-bond donors (Lipinski definition) is 1. The van der Waals surface area contributed by atoms with Gasteiger partial charge in [0, 0.05) is 36.6 Å². The number of anilines is 1. The number of aromatic nitrogens is 1. The van der Waals surface area contributed by atoms with Gasteiger partial charge in [0.2, 0.25) is 0 Å². The molecule has 0 atom stereocenters. The lowest BCUT2D eigenvalue weighted by atomic mass is 10.1. The third-order valence-corrected chi connectivity index (χ3v) is 3.80. The van der Waals surface area contributed by atoms with Gasteiger partial charge in [0.05, 0.1) is 0 Å². The summed E-state index contributed by atoms with van der Waals surface area (Å²) in [7, 11) is 0. The molecule has 21 heavy (non-hydrogen) atoms. The number of nitriles is 1. The van der Waals surface area contributed by atoms with Crippen molar-refractivity contribution in [2.24, 2.45) is 0 Å². The van der Waals surface area contributed by atoms with Gasteiger partial charge in [-0.3, -0.25) is 4.90 Å². The summed E-state index contributed by atoms with van der Waals surface area (Å²) in [5.41, 5.74) is 9.30. The van der Waals surface area contributed by atoms with E-state index in [2.05, 4.69) is 28.1 Å². The predicted octanol–water partition coefficient (Wildman–Crippen LogP) is 2.70. The zero-order valence-corrected chi connectivity index (χ0v) is 11.9. The Kier molecular flexibility index (Phi) is 3.85. The summed E-state index contributed by atoms with van der Waals surface area (Å²) in [5.74, 6) is 0. The summed E-state index contributed by atoms with van der Waals surface area (Å²) in [4.78, 5) is 6.56. The zero-order valence-electron chi connectivity index (χ0n) is 11.9. The summed E-state index contributed by atoms with van der Waals surface area (Å²) >= 11 is 0. The lowest BCUT2D eigenvalue weighted by Crippen LogP contribution is -2.25. The van der Waals surface area contributed by atoms with Crippen LogP contribution in [0.2, 0.25) is 0 Å². The fraction of sp³-hybridized carbons (Fsp3) is 0.294. The Hall–Kier alpha value is -2.38. The minimum absolute atomic E-state index is 0.528. The molecule has 0 saturated heterocycles. The monoisotopic (exact) mass is 278 g/mol. The molecular formula is C17H18N4. The van der Waals surface area contributed by atoms with Crippen LogP contribution in [0.5, 0.6) is 0 Å². The van der Waals surface area contributed by atoms with Gasteiger partial charge in [-0.15, -0.1) is 0 Å². The molecule has 0 unspecified atom stereocenters. The SMILES string of the molecule is N#Cc1ncccc1CN(Cc1ccc(N)cc1)C1CC1. The second-order valence-electron chi connectivity index (χ2n) is 5.50. The van der Waals surface area contributed by atoms with Gasteiger partial charge in [-0.1, -0.05) is 18.2 Å². The first-order valence-corrected chi connectivity index (χ1v) is 7.19. The molecular weight excluding hydrogens is 260 g/mol. The van der Waals surface area contributed by atoms with Crippen molar-refractivity contribution in [2.45, 2.75) is 32.0 Å². The third-order valence-electron chi connectivity index (χ3n) is 3.80. The lowest BCUT2D eigenvalue weighted by molar-refractivity contribution is 0.245. The van der Waals surface area contributed by atoms with Crippen LogP contribution < -0.4 is 5.73 Å². The normalized spacial score (nSPS) is 14.1. The van der Waals surface area contributed by atoms with Crippen LogP contribution in [0.1, 0.15) is 29.7 Å². The number of hydrogen-bond acceptors (Lipinski definition) is 4. The number of pyridine rings is 1. The van der Waals surface area contributed by atoms with E-state index in [4.69, 9.17) is 11.0 Å². The van der Waals surface area contributed by atoms with Gasteiger partial charge < -0.3 is 5.73 Å². The highest BCUT2D eigenvalue weighted by Gasteiger charge is 2.29. The minimum atomic E-state index is 0.528. The summed E-state index contributed by atoms with van der Waals surface area (Å²) in [6, 6.07) is 14.7. The molecule has 0 spiro atoms. The molecule has 1 aliphatic carbocycles. The highest BCUT2D eigenvalue weighted by Crippen LogP contribution is 2.30. The maximum atomic E-state index is 9.16. The molecule has 1 fully saturated rings. The van der Waals surface area contributed by atoms with E-state index in [-0.39, 0.29) is 0 Å². The van der Waals surface area contributed by atoms with Crippen LogP contribution in [-0.2, 0) is 13.1 Å². The highest BCUT2D eigenvalue weighted by molar-refractivity contribution is 5.39. The van der Waals surface area contributed by atoms with Crippen molar-refractivity contribution in [2.75, 3.05) is 5.73 Å². The van der Waals surface area contributed by atoms with E-state index in [0.717, 1.165) is 24.3 Å². The molecule has 1 aliphatic rings. The first-order valence-electron chi connectivity index (χ1n) is 7.19. The van der Waals surface area contributed by atoms with Crippen LogP contribution in [0.3, 0.4) is 0 Å². The fourth-order valence-corrected chi connectivity index (χ4v) is 2.50. The molecule has 2 aromatic rings. The van der Waals surface area contributed by atoms with Crippen LogP contribution in [0.4, 0.5) is 5.69 Å². The molecule has 1 aromatic carbocycles. The van der Waals surface area contributed by atoms with E-state index in [1.807, 2.05) is 24.3 Å². The maximum Gasteiger partial charge on any atom is 0.144 e. The predicted molar refractivity (Wildman–Crippen MR) is 82.1 cm³/mol. The minimum Gasteiger partial charge on any atom is -0.399 e. The average Bonchev–Trinajstić information content (AvgIpc) is 3.34. The van der Waals surface area contributed by atoms with Gasteiger partial charge in [-0.05, 0) is 36.6 Å². The Bertz CT molecular complexity index is 653. The number of rotatable bonds is 5. The Balaban J connectivity index is 1.76. The molecule has 1 aromatic heterocycles. The van der Waals surface area contributed by atoms with Gasteiger partial charge in [0.15, 0.2) is 0 Å². The van der Waals surface area contributed by atoms with E-state index < -0.39 is 0 Å². The molecule has 2 N–H and O–H groups in total. The molecule has 0 bridgehead atoms. The van der Waals surface area contributed by atoms with Gasteiger partial charge in [0.1, 0.15) is 11.8 Å². The van der Waals surface area contributed by atoms with E-state index in [1.54, 1.807) is 6.20 Å². The molecule has 4 heteroatoms. The second kappa shape index (κ2) is 5.94. The largest absolute Gasteiger partial charge is 0.399 e. The Labute approximate surface area is 124 Å². The van der Waals surface area contributed by atoms with Gasteiger partial charge >= 0.3 is 0 Å². The number of nitrogens with zero attached hydrogens (tertiary/aromatic N) is 3. The summed E-state index contributed by atoms with van der Waals surface area (Å²) in [5, 5.41) is 9.16. The molecule has 0 amide bonds. The van der Waals surface area contributed by atoms with Gasteiger partial charge in [0.25, 0.3) is 0 Å². The quantitative estimate of drug-likeness (QED) is 0.854. The van der Waals surface area contributed by atoms with Crippen molar-refractivity contribution < 1.29 is 0 Å². The number of nitrogen functional groups attached to an aromatic ring is 1. The van der Waals surface area contributed by atoms with Crippen molar-refractivity contribution in [3.8, 4) is 6.07 Å². The zero-order chi connectivity index (χ0) is 14.7. The highest BCUT2D eigenvalue weighted by atomic mass is 15.2. The smallest absolute Gasteiger partial charge is 0.144 e. The average molecular weight is 278 g/mol. The van der Waals surface area contributed by atoms with E-state index >= 15 is 0 Å². The van der Waals surface area contributed by atoms with E-state index in [1.165, 1.54) is 18.4 Å². The molecule has 0 radical (unpaired) electrons. The fourth-order valence-electron chi connectivity index (χ4n) is 2.50. The third kappa shape index (κ3) is 3.39. The maximum absolute atomic E-state index is 9.16. The topological polar surface area (TPSA) is 65.9 Å². The Morgan fingerprint density at radius 2 is 1.95 bits per heavy atom. The molecule has 0 aliphatic heterocycles. The van der Waals surface area contributed by atoms with Crippen molar-refractivity contribution >= 4 is 5.69 Å². The lowest BCUT2D eigenvalue weighted by Gasteiger charge is -2.22. The molecule has 3 rings (SSSR count). The van der Waals surface area contributed by atoms with Crippen molar-refractivity contribution in [1.82, 2.24) is 9.88 Å². The number of nitrogens with two attached hydrogens (primary N) is 1. The Morgan fingerprint density at radius 3 is 2.62 bits per heavy atom. The van der Waals surface area contributed by atoms with Crippen LogP contribution in [0.15, 0.2) is 42.6 Å². The first kappa shape index (κ1) is 13.6. The van der Waals surface area contributed by atoms with Gasteiger partial charge in [-0.25, -0.2) is 4.98 Å². The Morgan fingerprint density at radius 1 is 1.19 bits per heavy atom. The van der Waals surface area contributed by atoms with Crippen molar-refractivity contribution in [3.05, 3.63) is 59.4 Å².